The van der Waals surface area contributed by atoms with Crippen LogP contribution in [0.15, 0.2) is 120 Å². The topological polar surface area (TPSA) is 225 Å². The van der Waals surface area contributed by atoms with E-state index in [2.05, 4.69) is 20.3 Å². The Balaban J connectivity index is 1.58. The van der Waals surface area contributed by atoms with Gasteiger partial charge in [0.2, 0.25) is 21.8 Å². The normalized spacial score (nSPS) is 13.2. The molecule has 4 rings (SSSR count). The van der Waals surface area contributed by atoms with Crippen molar-refractivity contribution in [1.29, 1.82) is 0 Å². The Morgan fingerprint density at radius 1 is 0.780 bits per heavy atom. The molecule has 2 amide bonds. The van der Waals surface area contributed by atoms with Crippen LogP contribution in [-0.4, -0.2) is 55.8 Å². The zero-order valence-corrected chi connectivity index (χ0v) is 28.8. The van der Waals surface area contributed by atoms with Crippen LogP contribution in [0.3, 0.4) is 0 Å². The van der Waals surface area contributed by atoms with Crippen molar-refractivity contribution >= 4 is 41.1 Å². The number of nitrogens with two attached hydrogens (primary N) is 2. The molecule has 4 aromatic carbocycles. The van der Waals surface area contributed by atoms with Gasteiger partial charge in [0.25, 0.3) is 0 Å². The number of carbonyl (C=O) groups is 2. The molecule has 0 aliphatic heterocycles. The summed E-state index contributed by atoms with van der Waals surface area (Å²) in [6, 6.07) is 28.6. The Bertz CT molecular complexity index is 1850. The predicted molar refractivity (Wildman–Crippen MR) is 190 cm³/mol. The van der Waals surface area contributed by atoms with Crippen molar-refractivity contribution in [2.45, 2.75) is 37.0 Å². The number of nitrogens with one attached hydrogen (secondary N) is 3. The van der Waals surface area contributed by atoms with Gasteiger partial charge < -0.3 is 36.3 Å². The van der Waals surface area contributed by atoms with E-state index >= 15 is 0 Å². The Morgan fingerprint density at radius 3 is 1.80 bits per heavy atom. The SMILES string of the molecule is CC(NC(=O)C(CO)NS(=O)(=O)Cc1ccccc1)C(=O)NC(Cc1ccc(N=C(N)N)cc1)P(=O)(Oc1ccccc1)Oc1ccccc1. The summed E-state index contributed by atoms with van der Waals surface area (Å²) in [7, 11) is -8.38. The van der Waals surface area contributed by atoms with E-state index in [1.807, 2.05) is 0 Å². The number of para-hydroxylation sites is 2. The summed E-state index contributed by atoms with van der Waals surface area (Å²) in [5.41, 5.74) is 12.5. The maximum absolute atomic E-state index is 14.8. The highest BCUT2D eigenvalue weighted by Crippen LogP contribution is 2.53. The van der Waals surface area contributed by atoms with Crippen LogP contribution in [-0.2, 0) is 36.4 Å². The van der Waals surface area contributed by atoms with Gasteiger partial charge in [0.1, 0.15) is 23.6 Å². The molecule has 0 heterocycles. The maximum atomic E-state index is 14.8. The molecule has 0 aliphatic carbocycles. The molecule has 16 heteroatoms. The summed E-state index contributed by atoms with van der Waals surface area (Å²) >= 11 is 0. The van der Waals surface area contributed by atoms with Crippen LogP contribution in [0, 0.1) is 0 Å². The number of aliphatic imine (C=N–C) groups is 1. The summed E-state index contributed by atoms with van der Waals surface area (Å²) in [5, 5.41) is 15.0. The van der Waals surface area contributed by atoms with Gasteiger partial charge in [-0.1, -0.05) is 78.9 Å². The van der Waals surface area contributed by atoms with Gasteiger partial charge in [-0.2, -0.15) is 0 Å². The van der Waals surface area contributed by atoms with Crippen LogP contribution in [0.1, 0.15) is 18.1 Å². The fourth-order valence-corrected chi connectivity index (χ4v) is 7.79. The molecule has 0 radical (unpaired) electrons. The molecule has 0 fully saturated rings. The zero-order chi connectivity index (χ0) is 36.1. The third-order valence-corrected chi connectivity index (χ3v) is 10.4. The molecule has 8 N–H and O–H groups in total. The van der Waals surface area contributed by atoms with Gasteiger partial charge in [-0.15, -0.1) is 0 Å². The molecule has 14 nitrogen and oxygen atoms in total. The third-order valence-electron chi connectivity index (χ3n) is 7.04. The van der Waals surface area contributed by atoms with Crippen molar-refractivity contribution in [3.63, 3.8) is 0 Å². The average molecular weight is 723 g/mol. The predicted octanol–water partition coefficient (Wildman–Crippen LogP) is 2.91. The summed E-state index contributed by atoms with van der Waals surface area (Å²) in [6.45, 7) is 0.472. The Morgan fingerprint density at radius 2 is 1.30 bits per heavy atom. The maximum Gasteiger partial charge on any atom is 0.453 e. The van der Waals surface area contributed by atoms with Crippen molar-refractivity contribution < 1.29 is 36.7 Å². The van der Waals surface area contributed by atoms with Crippen LogP contribution >= 0.6 is 7.60 Å². The largest absolute Gasteiger partial charge is 0.453 e. The van der Waals surface area contributed by atoms with E-state index in [-0.39, 0.29) is 23.9 Å². The number of hydrogen-bond donors (Lipinski definition) is 6. The van der Waals surface area contributed by atoms with Crippen LogP contribution in [0.4, 0.5) is 5.69 Å². The van der Waals surface area contributed by atoms with E-state index in [0.29, 0.717) is 16.8 Å². The zero-order valence-electron chi connectivity index (χ0n) is 27.1. The summed E-state index contributed by atoms with van der Waals surface area (Å²) in [6.07, 6.45) is -0.0655. The first-order chi connectivity index (χ1) is 23.9. The molecule has 264 valence electrons. The van der Waals surface area contributed by atoms with E-state index in [4.69, 9.17) is 20.5 Å². The van der Waals surface area contributed by atoms with Crippen molar-refractivity contribution in [2.24, 2.45) is 16.5 Å². The van der Waals surface area contributed by atoms with Gasteiger partial charge in [-0.25, -0.2) is 22.7 Å². The molecule has 0 aromatic heterocycles. The molecule has 0 bridgehead atoms. The van der Waals surface area contributed by atoms with E-state index in [0.717, 1.165) is 0 Å². The Kier molecular flexibility index (Phi) is 13.1. The van der Waals surface area contributed by atoms with Crippen molar-refractivity contribution in [3.8, 4) is 11.5 Å². The molecule has 50 heavy (non-hydrogen) atoms. The number of guanidine groups is 1. The number of amides is 2. The fourth-order valence-electron chi connectivity index (χ4n) is 4.62. The highest BCUT2D eigenvalue weighted by Gasteiger charge is 2.41. The van der Waals surface area contributed by atoms with E-state index in [9.17, 15) is 27.7 Å². The molecular formula is C34H39N6O8PS. The van der Waals surface area contributed by atoms with E-state index in [1.165, 1.54) is 6.92 Å². The Hall–Kier alpha value is -5.21. The van der Waals surface area contributed by atoms with Crippen molar-refractivity contribution in [3.05, 3.63) is 126 Å². The minimum Gasteiger partial charge on any atom is -0.415 e. The van der Waals surface area contributed by atoms with Crippen LogP contribution in [0.5, 0.6) is 11.5 Å². The van der Waals surface area contributed by atoms with Crippen molar-refractivity contribution in [2.75, 3.05) is 6.61 Å². The first-order valence-corrected chi connectivity index (χ1v) is 18.7. The van der Waals surface area contributed by atoms with Gasteiger partial charge in [-0.05, 0) is 54.4 Å². The number of aliphatic hydroxyl groups is 1. The number of sulfonamides is 1. The lowest BCUT2D eigenvalue weighted by Crippen LogP contribution is -2.55. The first-order valence-electron chi connectivity index (χ1n) is 15.4. The van der Waals surface area contributed by atoms with Gasteiger partial charge in [0.15, 0.2) is 11.7 Å². The number of hydrogen-bond acceptors (Lipinski definition) is 9. The van der Waals surface area contributed by atoms with Crippen molar-refractivity contribution in [1.82, 2.24) is 15.4 Å². The first kappa shape index (κ1) is 37.6. The fraction of sp³-hybridized carbons (Fsp3) is 0.206. The number of carbonyl (C=O) groups excluding carboxylic acids is 2. The molecule has 4 aromatic rings. The quantitative estimate of drug-likeness (QED) is 0.0531. The lowest BCUT2D eigenvalue weighted by atomic mass is 10.1. The summed E-state index contributed by atoms with van der Waals surface area (Å²) < 4.78 is 54.5. The highest BCUT2D eigenvalue weighted by atomic mass is 32.2. The number of rotatable bonds is 17. The van der Waals surface area contributed by atoms with Crippen LogP contribution < -0.4 is 35.9 Å². The number of nitrogens with zero attached hydrogens (tertiary/aromatic N) is 1. The van der Waals surface area contributed by atoms with Gasteiger partial charge >= 0.3 is 7.60 Å². The van der Waals surface area contributed by atoms with Crippen LogP contribution in [0.2, 0.25) is 0 Å². The minimum absolute atomic E-state index is 0.0655. The van der Waals surface area contributed by atoms with Gasteiger partial charge in [-0.3, -0.25) is 9.59 Å². The molecule has 0 saturated heterocycles. The standard InChI is InChI=1S/C34H39N6O8PS/c1-24(37-33(43)30(22-41)40-50(45,46)23-26-11-5-2-6-12-26)32(42)39-31(21-25-17-19-27(20-18-25)38-34(35)36)49(44,47-28-13-7-3-8-14-28)48-29-15-9-4-10-16-29/h2-20,24,30-31,40-41H,21-23H2,1H3,(H,37,43)(H,39,42)(H4,35,36,38). The van der Waals surface area contributed by atoms with E-state index < -0.39 is 59.7 Å². The monoisotopic (exact) mass is 722 g/mol. The number of benzene rings is 4. The second-order valence-corrected chi connectivity index (χ2v) is 14.9. The van der Waals surface area contributed by atoms with Gasteiger partial charge in [0.05, 0.1) is 18.0 Å². The lowest BCUT2D eigenvalue weighted by molar-refractivity contribution is -0.130. The summed E-state index contributed by atoms with van der Waals surface area (Å²) in [4.78, 5) is 30.7. The third kappa shape index (κ3) is 11.4. The molecule has 3 unspecified atom stereocenters. The lowest BCUT2D eigenvalue weighted by Gasteiger charge is -2.29. The molecule has 0 aliphatic rings. The highest BCUT2D eigenvalue weighted by molar-refractivity contribution is 7.88. The molecule has 3 atom stereocenters. The second-order valence-electron chi connectivity index (χ2n) is 11.1. The molecule has 0 saturated carbocycles. The van der Waals surface area contributed by atoms with E-state index in [1.54, 1.807) is 115 Å². The minimum atomic E-state index is -4.33. The van der Waals surface area contributed by atoms with Gasteiger partial charge in [0, 0.05) is 6.42 Å². The Labute approximate surface area is 290 Å². The smallest absolute Gasteiger partial charge is 0.415 e. The van der Waals surface area contributed by atoms with Crippen LogP contribution in [0.25, 0.3) is 0 Å². The summed E-state index contributed by atoms with van der Waals surface area (Å²) in [5.74, 6) is -3.21. The molecule has 0 spiro atoms. The molecular weight excluding hydrogens is 683 g/mol. The average Bonchev–Trinajstić information content (AvgIpc) is 3.08. The number of aliphatic hydroxyl groups excluding tert-OH is 1. The second kappa shape index (κ2) is 17.4.